The van der Waals surface area contributed by atoms with Gasteiger partial charge in [-0.2, -0.15) is 0 Å². The van der Waals surface area contributed by atoms with Gasteiger partial charge < -0.3 is 4.90 Å². The molecule has 3 aromatic heterocycles. The van der Waals surface area contributed by atoms with Crippen LogP contribution >= 0.6 is 11.3 Å². The van der Waals surface area contributed by atoms with Crippen LogP contribution in [0.15, 0.2) is 60.1 Å². The Kier molecular flexibility index (Phi) is 3.53. The van der Waals surface area contributed by atoms with Crippen LogP contribution < -0.4 is 0 Å². The first kappa shape index (κ1) is 15.2. The first-order valence-corrected chi connectivity index (χ1v) is 9.27. The van der Waals surface area contributed by atoms with Crippen molar-refractivity contribution in [1.82, 2.24) is 24.5 Å². The van der Waals surface area contributed by atoms with Crippen molar-refractivity contribution >= 4 is 22.9 Å². The maximum Gasteiger partial charge on any atom is 0.273 e. The summed E-state index contributed by atoms with van der Waals surface area (Å²) in [7, 11) is 0. The van der Waals surface area contributed by atoms with Crippen molar-refractivity contribution in [2.24, 2.45) is 0 Å². The van der Waals surface area contributed by atoms with Crippen LogP contribution in [0.3, 0.4) is 0 Å². The molecule has 26 heavy (non-hydrogen) atoms. The lowest BCUT2D eigenvalue weighted by Gasteiger charge is -2.37. The molecule has 0 bridgehead atoms. The summed E-state index contributed by atoms with van der Waals surface area (Å²) in [5, 5.41) is 11.2. The lowest BCUT2D eigenvalue weighted by atomic mass is 9.99. The largest absolute Gasteiger partial charge is 0.336 e. The molecule has 4 heterocycles. The molecule has 1 saturated heterocycles. The Bertz CT molecular complexity index is 1080. The molecule has 0 N–H and O–H groups in total. The molecule has 0 atom stereocenters. The van der Waals surface area contributed by atoms with Crippen LogP contribution in [-0.4, -0.2) is 43.5 Å². The number of thiazole rings is 1. The number of hydrogen-bond donors (Lipinski definition) is 0. The Hall–Kier alpha value is -3.06. The second-order valence-electron chi connectivity index (χ2n) is 6.30. The van der Waals surface area contributed by atoms with Crippen LogP contribution in [0.2, 0.25) is 0 Å². The second kappa shape index (κ2) is 6.03. The molecule has 0 saturated carbocycles. The number of carbonyl (C=O) groups is 1. The topological polar surface area (TPSA) is 63.4 Å². The smallest absolute Gasteiger partial charge is 0.273 e. The Morgan fingerprint density at radius 2 is 1.85 bits per heavy atom. The molecule has 1 fully saturated rings. The van der Waals surface area contributed by atoms with Crippen molar-refractivity contribution in [3.05, 3.63) is 71.6 Å². The van der Waals surface area contributed by atoms with E-state index in [1.165, 1.54) is 11.3 Å². The van der Waals surface area contributed by atoms with Crippen LogP contribution in [0.4, 0.5) is 0 Å². The fourth-order valence-electron chi connectivity index (χ4n) is 3.19. The molecule has 128 valence electrons. The van der Waals surface area contributed by atoms with Gasteiger partial charge in [-0.05, 0) is 12.1 Å². The number of aromatic nitrogens is 4. The SMILES string of the molecule is O=C(c1csc(-c2ccccc2)n1)N1CC(c2nnc3ccccn23)C1. The van der Waals surface area contributed by atoms with Gasteiger partial charge in [-0.15, -0.1) is 21.5 Å². The summed E-state index contributed by atoms with van der Waals surface area (Å²) >= 11 is 1.50. The standard InChI is InChI=1S/C19H15N5OS/c25-19(15-12-26-18(20-15)13-6-2-1-3-7-13)23-10-14(11-23)17-22-21-16-8-4-5-9-24(16)17/h1-9,12,14H,10-11H2. The van der Waals surface area contributed by atoms with Crippen LogP contribution in [0.1, 0.15) is 22.2 Å². The zero-order valence-corrected chi connectivity index (χ0v) is 14.6. The van der Waals surface area contributed by atoms with Gasteiger partial charge in [0, 0.05) is 30.2 Å². The summed E-state index contributed by atoms with van der Waals surface area (Å²) < 4.78 is 1.99. The second-order valence-corrected chi connectivity index (χ2v) is 7.16. The van der Waals surface area contributed by atoms with Crippen molar-refractivity contribution in [3.63, 3.8) is 0 Å². The highest BCUT2D eigenvalue weighted by molar-refractivity contribution is 7.13. The monoisotopic (exact) mass is 361 g/mol. The third-order valence-electron chi connectivity index (χ3n) is 4.62. The highest BCUT2D eigenvalue weighted by Crippen LogP contribution is 2.29. The van der Waals surface area contributed by atoms with Gasteiger partial charge in [0.05, 0.1) is 5.92 Å². The van der Waals surface area contributed by atoms with Crippen molar-refractivity contribution in [2.45, 2.75) is 5.92 Å². The van der Waals surface area contributed by atoms with Crippen LogP contribution in [0.25, 0.3) is 16.2 Å². The van der Waals surface area contributed by atoms with E-state index in [1.54, 1.807) is 0 Å². The number of fused-ring (bicyclic) bond motifs is 1. The van der Waals surface area contributed by atoms with Gasteiger partial charge in [-0.25, -0.2) is 4.98 Å². The van der Waals surface area contributed by atoms with Crippen LogP contribution in [0.5, 0.6) is 0 Å². The highest BCUT2D eigenvalue weighted by atomic mass is 32.1. The van der Waals surface area contributed by atoms with E-state index in [0.29, 0.717) is 18.8 Å². The molecule has 4 aromatic rings. The molecule has 0 aliphatic carbocycles. The number of nitrogens with zero attached hydrogens (tertiary/aromatic N) is 5. The molecule has 7 heteroatoms. The number of hydrogen-bond acceptors (Lipinski definition) is 5. The van der Waals surface area contributed by atoms with Gasteiger partial charge in [-0.3, -0.25) is 9.20 Å². The molecule has 5 rings (SSSR count). The molecule has 0 radical (unpaired) electrons. The van der Waals surface area contributed by atoms with E-state index >= 15 is 0 Å². The lowest BCUT2D eigenvalue weighted by molar-refractivity contribution is 0.0588. The Labute approximate surface area is 153 Å². The Morgan fingerprint density at radius 1 is 1.04 bits per heavy atom. The van der Waals surface area contributed by atoms with Crippen molar-refractivity contribution < 1.29 is 4.79 Å². The predicted molar refractivity (Wildman–Crippen MR) is 99.2 cm³/mol. The van der Waals surface area contributed by atoms with Gasteiger partial charge >= 0.3 is 0 Å². The summed E-state index contributed by atoms with van der Waals surface area (Å²) in [6, 6.07) is 15.8. The maximum atomic E-state index is 12.7. The molecule has 0 unspecified atom stereocenters. The molecule has 0 spiro atoms. The predicted octanol–water partition coefficient (Wildman–Crippen LogP) is 3.09. The number of carbonyl (C=O) groups excluding carboxylic acids is 1. The van der Waals surface area contributed by atoms with Gasteiger partial charge in [0.25, 0.3) is 5.91 Å². The van der Waals surface area contributed by atoms with E-state index in [1.807, 2.05) is 69.4 Å². The first-order chi connectivity index (χ1) is 12.8. The minimum atomic E-state index is -0.0199. The lowest BCUT2D eigenvalue weighted by Crippen LogP contribution is -2.49. The normalized spacial score (nSPS) is 14.5. The van der Waals surface area contributed by atoms with E-state index < -0.39 is 0 Å². The number of amides is 1. The minimum Gasteiger partial charge on any atom is -0.336 e. The molecule has 1 aromatic carbocycles. The molecule has 1 aliphatic rings. The van der Waals surface area contributed by atoms with E-state index in [9.17, 15) is 4.79 Å². The molecule has 1 aliphatic heterocycles. The third-order valence-corrected chi connectivity index (χ3v) is 5.51. The molecular formula is C19H15N5OS. The average molecular weight is 361 g/mol. The number of pyridine rings is 1. The molecule has 6 nitrogen and oxygen atoms in total. The summed E-state index contributed by atoms with van der Waals surface area (Å²) in [6.45, 7) is 1.29. The van der Waals surface area contributed by atoms with Crippen molar-refractivity contribution in [3.8, 4) is 10.6 Å². The van der Waals surface area contributed by atoms with Crippen LogP contribution in [0, 0.1) is 0 Å². The Balaban J connectivity index is 1.31. The number of benzene rings is 1. The zero-order chi connectivity index (χ0) is 17.5. The zero-order valence-electron chi connectivity index (χ0n) is 13.8. The van der Waals surface area contributed by atoms with E-state index in [-0.39, 0.29) is 11.8 Å². The summed E-state index contributed by atoms with van der Waals surface area (Å²) in [5.41, 5.74) is 2.38. The fourth-order valence-corrected chi connectivity index (χ4v) is 3.99. The fraction of sp³-hybridized carbons (Fsp3) is 0.158. The van der Waals surface area contributed by atoms with Crippen molar-refractivity contribution in [1.29, 1.82) is 0 Å². The van der Waals surface area contributed by atoms with Gasteiger partial charge in [0.2, 0.25) is 0 Å². The molecular weight excluding hydrogens is 346 g/mol. The third kappa shape index (κ3) is 2.48. The van der Waals surface area contributed by atoms with E-state index in [2.05, 4.69) is 15.2 Å². The quantitative estimate of drug-likeness (QED) is 0.562. The van der Waals surface area contributed by atoms with Gasteiger partial charge in [0.1, 0.15) is 16.5 Å². The summed E-state index contributed by atoms with van der Waals surface area (Å²) in [5.74, 6) is 1.10. The average Bonchev–Trinajstić information content (AvgIpc) is 3.29. The number of rotatable bonds is 3. The highest BCUT2D eigenvalue weighted by Gasteiger charge is 2.36. The maximum absolute atomic E-state index is 12.7. The van der Waals surface area contributed by atoms with Gasteiger partial charge in [-0.1, -0.05) is 36.4 Å². The summed E-state index contributed by atoms with van der Waals surface area (Å²) in [6.07, 6.45) is 1.96. The molecule has 1 amide bonds. The first-order valence-electron chi connectivity index (χ1n) is 8.39. The van der Waals surface area contributed by atoms with Crippen molar-refractivity contribution in [2.75, 3.05) is 13.1 Å². The summed E-state index contributed by atoms with van der Waals surface area (Å²) in [4.78, 5) is 19.0. The van der Waals surface area contributed by atoms with Crippen LogP contribution in [-0.2, 0) is 0 Å². The van der Waals surface area contributed by atoms with E-state index in [0.717, 1.165) is 22.0 Å². The van der Waals surface area contributed by atoms with Gasteiger partial charge in [0.15, 0.2) is 5.65 Å². The minimum absolute atomic E-state index is 0.0199. The Morgan fingerprint density at radius 3 is 2.69 bits per heavy atom. The van der Waals surface area contributed by atoms with E-state index in [4.69, 9.17) is 0 Å². The number of likely N-dealkylation sites (tertiary alicyclic amines) is 1.